The Morgan fingerprint density at radius 2 is 1.74 bits per heavy atom. The number of nitrogens with one attached hydrogen (secondary N) is 1. The first-order valence-corrected chi connectivity index (χ1v) is 13.1. The van der Waals surface area contributed by atoms with Crippen molar-refractivity contribution in [3.8, 4) is 0 Å². The first-order valence-electron chi connectivity index (χ1n) is 10.8. The fourth-order valence-electron chi connectivity index (χ4n) is 4.06. The summed E-state index contributed by atoms with van der Waals surface area (Å²) in [5.74, 6) is 0.242. The lowest BCUT2D eigenvalue weighted by Crippen LogP contribution is -2.23. The minimum absolute atomic E-state index is 0.215. The topological polar surface area (TPSA) is 93.4 Å². The van der Waals surface area contributed by atoms with Gasteiger partial charge in [0.05, 0.1) is 20.1 Å². The van der Waals surface area contributed by atoms with Gasteiger partial charge in [-0.3, -0.25) is 9.20 Å². The summed E-state index contributed by atoms with van der Waals surface area (Å²) in [4.78, 5) is 21.2. The van der Waals surface area contributed by atoms with Gasteiger partial charge in [-0.05, 0) is 29.8 Å². The van der Waals surface area contributed by atoms with E-state index in [0.29, 0.717) is 16.2 Å². The van der Waals surface area contributed by atoms with Crippen molar-refractivity contribution < 1.29 is 13.2 Å². The van der Waals surface area contributed by atoms with Crippen LogP contribution in [0.3, 0.4) is 0 Å². The Kier molecular flexibility index (Phi) is 5.09. The lowest BCUT2D eigenvalue weighted by Gasteiger charge is -2.09. The van der Waals surface area contributed by atoms with Crippen molar-refractivity contribution in [1.29, 1.82) is 0 Å². The summed E-state index contributed by atoms with van der Waals surface area (Å²) >= 11 is 1.49. The largest absolute Gasteiger partial charge is 0.348 e. The van der Waals surface area contributed by atoms with Crippen molar-refractivity contribution in [2.24, 2.45) is 0 Å². The van der Waals surface area contributed by atoms with Crippen molar-refractivity contribution in [3.63, 3.8) is 0 Å². The zero-order valence-corrected chi connectivity index (χ0v) is 19.9. The Balaban J connectivity index is 1.24. The van der Waals surface area contributed by atoms with Gasteiger partial charge in [0, 0.05) is 46.8 Å². The Hall–Kier alpha value is -4.08. The van der Waals surface area contributed by atoms with Crippen LogP contribution in [0.1, 0.15) is 15.9 Å². The molecule has 3 aromatic carbocycles. The predicted molar refractivity (Wildman–Crippen MR) is 135 cm³/mol. The van der Waals surface area contributed by atoms with Crippen LogP contribution in [0.15, 0.2) is 101 Å². The maximum atomic E-state index is 13.5. The van der Waals surface area contributed by atoms with Crippen LogP contribution in [0.5, 0.6) is 0 Å². The molecule has 0 unspecified atom stereocenters. The summed E-state index contributed by atoms with van der Waals surface area (Å²) < 4.78 is 30.5. The lowest BCUT2D eigenvalue weighted by atomic mass is 10.1. The van der Waals surface area contributed by atoms with E-state index in [1.807, 2.05) is 30.3 Å². The molecule has 0 aliphatic carbocycles. The third-order valence-corrected chi connectivity index (χ3v) is 9.01. The van der Waals surface area contributed by atoms with E-state index >= 15 is 0 Å². The molecule has 0 atom stereocenters. The smallest absolute Gasteiger partial charge is 0.254 e. The van der Waals surface area contributed by atoms with Crippen molar-refractivity contribution in [2.75, 3.05) is 0 Å². The van der Waals surface area contributed by atoms with Crippen molar-refractivity contribution in [2.45, 2.75) is 16.3 Å². The van der Waals surface area contributed by atoms with Gasteiger partial charge in [0.2, 0.25) is 15.6 Å². The summed E-state index contributed by atoms with van der Waals surface area (Å²) in [6, 6.07) is 19.9. The molecule has 0 saturated carbocycles. The third kappa shape index (κ3) is 3.74. The summed E-state index contributed by atoms with van der Waals surface area (Å²) in [5, 5.41) is 4.83. The van der Waals surface area contributed by atoms with E-state index in [4.69, 9.17) is 0 Å². The van der Waals surface area contributed by atoms with Gasteiger partial charge in [0.15, 0.2) is 0 Å². The highest BCUT2D eigenvalue weighted by Gasteiger charge is 2.22. The Morgan fingerprint density at radius 1 is 0.943 bits per heavy atom. The second-order valence-corrected chi connectivity index (χ2v) is 11.0. The molecule has 172 valence electrons. The van der Waals surface area contributed by atoms with Crippen molar-refractivity contribution >= 4 is 53.0 Å². The molecule has 0 saturated heterocycles. The van der Waals surface area contributed by atoms with Gasteiger partial charge in [-0.15, -0.1) is 11.3 Å². The molecule has 9 heteroatoms. The van der Waals surface area contributed by atoms with Crippen LogP contribution in [0.2, 0.25) is 0 Å². The Bertz CT molecular complexity index is 1840. The SMILES string of the molecule is O=C(NCc1ccc(S(=O)(=O)c2cccc3c2sc2ccccc23)cc1)c1cnc2nccn2c1. The summed E-state index contributed by atoms with van der Waals surface area (Å²) in [7, 11) is -3.71. The maximum Gasteiger partial charge on any atom is 0.254 e. The molecule has 1 amide bonds. The normalized spacial score (nSPS) is 11.9. The molecular formula is C26H18N4O3S2. The molecule has 7 nitrogen and oxygen atoms in total. The van der Waals surface area contributed by atoms with Crippen molar-refractivity contribution in [3.05, 3.63) is 103 Å². The van der Waals surface area contributed by atoms with E-state index in [1.165, 1.54) is 17.5 Å². The van der Waals surface area contributed by atoms with Gasteiger partial charge < -0.3 is 5.32 Å². The molecule has 3 aromatic heterocycles. The second-order valence-electron chi connectivity index (χ2n) is 8.04. The first kappa shape index (κ1) is 21.5. The number of fused-ring (bicyclic) bond motifs is 4. The number of aromatic nitrogens is 3. The number of imidazole rings is 1. The van der Waals surface area contributed by atoms with Gasteiger partial charge in [-0.2, -0.15) is 0 Å². The van der Waals surface area contributed by atoms with Crippen LogP contribution in [0.4, 0.5) is 0 Å². The predicted octanol–water partition coefficient (Wildman–Crippen LogP) is 4.86. The molecule has 1 N–H and O–H groups in total. The molecule has 0 aliphatic heterocycles. The van der Waals surface area contributed by atoms with E-state index in [2.05, 4.69) is 15.3 Å². The van der Waals surface area contributed by atoms with Crippen LogP contribution in [-0.4, -0.2) is 28.7 Å². The number of amides is 1. The third-order valence-electron chi connectivity index (χ3n) is 5.85. The number of carbonyl (C=O) groups excluding carboxylic acids is 1. The Morgan fingerprint density at radius 3 is 2.60 bits per heavy atom. The number of hydrogen-bond acceptors (Lipinski definition) is 6. The van der Waals surface area contributed by atoms with Gasteiger partial charge in [0.1, 0.15) is 0 Å². The van der Waals surface area contributed by atoms with E-state index in [-0.39, 0.29) is 17.3 Å². The van der Waals surface area contributed by atoms with E-state index < -0.39 is 9.84 Å². The van der Waals surface area contributed by atoms with Crippen LogP contribution >= 0.6 is 11.3 Å². The number of rotatable bonds is 5. The van der Waals surface area contributed by atoms with Gasteiger partial charge in [-0.25, -0.2) is 18.4 Å². The minimum atomic E-state index is -3.71. The average Bonchev–Trinajstić information content (AvgIpc) is 3.51. The quantitative estimate of drug-likeness (QED) is 0.366. The number of thiophene rings is 1. The molecule has 0 radical (unpaired) electrons. The number of sulfone groups is 1. The fourth-order valence-corrected chi connectivity index (χ4v) is 6.99. The van der Waals surface area contributed by atoms with E-state index in [1.54, 1.807) is 59.4 Å². The van der Waals surface area contributed by atoms with Crippen molar-refractivity contribution in [1.82, 2.24) is 19.7 Å². The van der Waals surface area contributed by atoms with Crippen LogP contribution in [0, 0.1) is 0 Å². The molecule has 3 heterocycles. The lowest BCUT2D eigenvalue weighted by molar-refractivity contribution is 0.0950. The number of benzene rings is 3. The summed E-state index contributed by atoms with van der Waals surface area (Å²) in [5.41, 5.74) is 1.19. The molecule has 35 heavy (non-hydrogen) atoms. The molecular weight excluding hydrogens is 480 g/mol. The zero-order chi connectivity index (χ0) is 24.0. The van der Waals surface area contributed by atoms with Crippen LogP contribution < -0.4 is 5.32 Å². The van der Waals surface area contributed by atoms with E-state index in [0.717, 1.165) is 25.7 Å². The Labute approximate surface area is 204 Å². The molecule has 0 spiro atoms. The highest BCUT2D eigenvalue weighted by atomic mass is 32.2. The number of hydrogen-bond donors (Lipinski definition) is 1. The van der Waals surface area contributed by atoms with Gasteiger partial charge in [0.25, 0.3) is 5.91 Å². The number of nitrogens with zero attached hydrogens (tertiary/aromatic N) is 3. The zero-order valence-electron chi connectivity index (χ0n) is 18.3. The second kappa shape index (κ2) is 8.30. The highest BCUT2D eigenvalue weighted by Crippen LogP contribution is 2.39. The molecule has 6 aromatic rings. The van der Waals surface area contributed by atoms with E-state index in [9.17, 15) is 13.2 Å². The number of carbonyl (C=O) groups is 1. The monoisotopic (exact) mass is 498 g/mol. The first-order chi connectivity index (χ1) is 17.0. The highest BCUT2D eigenvalue weighted by molar-refractivity contribution is 7.92. The standard InChI is InChI=1S/C26H18N4O3S2/c31-25(18-15-29-26-27-12-13-30(26)16-18)28-14-17-8-10-19(11-9-17)35(32,33)23-7-3-5-21-20-4-1-2-6-22(20)34-24(21)23/h1-13,15-16H,14H2,(H,28,31). The average molecular weight is 499 g/mol. The van der Waals surface area contributed by atoms with Crippen LogP contribution in [-0.2, 0) is 16.4 Å². The maximum absolute atomic E-state index is 13.5. The molecule has 6 rings (SSSR count). The van der Waals surface area contributed by atoms with Gasteiger partial charge >= 0.3 is 0 Å². The van der Waals surface area contributed by atoms with Crippen LogP contribution in [0.25, 0.3) is 25.9 Å². The molecule has 0 fully saturated rings. The fraction of sp³-hybridized carbons (Fsp3) is 0.0385. The summed E-state index contributed by atoms with van der Waals surface area (Å²) in [6.07, 6.45) is 6.47. The summed E-state index contributed by atoms with van der Waals surface area (Å²) in [6.45, 7) is 0.257. The molecule has 0 bridgehead atoms. The molecule has 0 aliphatic rings. The minimum Gasteiger partial charge on any atom is -0.348 e. The van der Waals surface area contributed by atoms with Gasteiger partial charge in [-0.1, -0.05) is 42.5 Å².